The van der Waals surface area contributed by atoms with E-state index >= 15 is 0 Å². The number of fused-ring (bicyclic) bond motifs is 2. The van der Waals surface area contributed by atoms with Gasteiger partial charge >= 0.3 is 0 Å². The Balaban J connectivity index is 1.44. The van der Waals surface area contributed by atoms with Crippen LogP contribution in [0.1, 0.15) is 33.3 Å². The zero-order chi connectivity index (χ0) is 19.7. The number of hydrogen-bond donors (Lipinski definition) is 2. The molecule has 2 N–H and O–H groups in total. The molecule has 1 aliphatic heterocycles. The summed E-state index contributed by atoms with van der Waals surface area (Å²) in [5.74, 6) is -0.952. The van der Waals surface area contributed by atoms with E-state index in [-0.39, 0.29) is 11.6 Å². The minimum Gasteiger partial charge on any atom is -0.312 e. The van der Waals surface area contributed by atoms with E-state index < -0.39 is 11.8 Å². The van der Waals surface area contributed by atoms with Gasteiger partial charge in [0.25, 0.3) is 11.8 Å². The first-order chi connectivity index (χ1) is 13.5. The van der Waals surface area contributed by atoms with Crippen molar-refractivity contribution >= 4 is 34.3 Å². The predicted molar refractivity (Wildman–Crippen MR) is 105 cm³/mol. The molecule has 4 rings (SSSR count). The molecule has 0 aliphatic carbocycles. The maximum Gasteiger partial charge on any atom is 0.288 e. The Morgan fingerprint density at radius 3 is 2.57 bits per heavy atom. The van der Waals surface area contributed by atoms with Crippen molar-refractivity contribution in [2.24, 2.45) is 0 Å². The molecule has 0 radical (unpaired) electrons. The van der Waals surface area contributed by atoms with Crippen molar-refractivity contribution < 1.29 is 14.4 Å². The van der Waals surface area contributed by atoms with E-state index in [0.717, 1.165) is 16.6 Å². The fourth-order valence-electron chi connectivity index (χ4n) is 3.31. The van der Waals surface area contributed by atoms with E-state index in [0.29, 0.717) is 24.0 Å². The third kappa shape index (κ3) is 3.29. The molecule has 1 aliphatic rings. The average molecular weight is 374 g/mol. The van der Waals surface area contributed by atoms with Crippen LogP contribution in [0.5, 0.6) is 0 Å². The molecule has 0 spiro atoms. The highest BCUT2D eigenvalue weighted by Gasteiger charge is 2.23. The van der Waals surface area contributed by atoms with Crippen LogP contribution >= 0.6 is 0 Å². The summed E-state index contributed by atoms with van der Waals surface area (Å²) >= 11 is 0. The number of benzene rings is 2. The normalized spacial score (nSPS) is 12.5. The molecule has 0 atom stereocenters. The molecule has 0 fully saturated rings. The van der Waals surface area contributed by atoms with Crippen molar-refractivity contribution in [3.63, 3.8) is 0 Å². The number of carbonyl (C=O) groups excluding carboxylic acids is 3. The molecular weight excluding hydrogens is 356 g/mol. The zero-order valence-electron chi connectivity index (χ0n) is 15.2. The number of anilines is 1. The van der Waals surface area contributed by atoms with Crippen molar-refractivity contribution in [3.8, 4) is 0 Å². The molecule has 0 saturated carbocycles. The zero-order valence-corrected chi connectivity index (χ0v) is 15.2. The van der Waals surface area contributed by atoms with Gasteiger partial charge in [-0.25, -0.2) is 4.98 Å². The number of pyridine rings is 1. The molecule has 2 heterocycles. The molecule has 140 valence electrons. The van der Waals surface area contributed by atoms with Gasteiger partial charge in [0, 0.05) is 30.1 Å². The maximum atomic E-state index is 12.4. The molecule has 3 aromatic rings. The first kappa shape index (κ1) is 17.7. The Morgan fingerprint density at radius 1 is 0.964 bits per heavy atom. The lowest BCUT2D eigenvalue weighted by Crippen LogP contribution is -2.42. The van der Waals surface area contributed by atoms with Crippen LogP contribution in [0.4, 0.5) is 5.69 Å². The second-order valence-corrected chi connectivity index (χ2v) is 6.56. The second-order valence-electron chi connectivity index (χ2n) is 6.56. The minimum atomic E-state index is -0.497. The number of nitrogens with one attached hydrogen (secondary N) is 2. The Morgan fingerprint density at radius 2 is 1.75 bits per heavy atom. The van der Waals surface area contributed by atoms with Crippen LogP contribution in [0.15, 0.2) is 54.6 Å². The lowest BCUT2D eigenvalue weighted by molar-refractivity contribution is -0.116. The first-order valence-electron chi connectivity index (χ1n) is 8.90. The van der Waals surface area contributed by atoms with Gasteiger partial charge in [-0.15, -0.1) is 0 Å². The number of aromatic nitrogens is 1. The van der Waals surface area contributed by atoms with E-state index in [1.165, 1.54) is 6.92 Å². The summed E-state index contributed by atoms with van der Waals surface area (Å²) in [6, 6.07) is 16.0. The lowest BCUT2D eigenvalue weighted by atomic mass is 10.1. The number of rotatable bonds is 2. The SMILES string of the molecule is CC(=O)N1CCc2cc(C(=O)NNC(=O)c3ccc4ccccc4n3)ccc21. The summed E-state index contributed by atoms with van der Waals surface area (Å²) in [6.45, 7) is 2.13. The molecule has 2 aromatic carbocycles. The van der Waals surface area contributed by atoms with E-state index in [1.54, 1.807) is 35.2 Å². The Bertz CT molecular complexity index is 1110. The molecule has 7 heteroatoms. The smallest absolute Gasteiger partial charge is 0.288 e. The van der Waals surface area contributed by atoms with Crippen molar-refractivity contribution in [2.75, 3.05) is 11.4 Å². The fourth-order valence-corrected chi connectivity index (χ4v) is 3.31. The topological polar surface area (TPSA) is 91.4 Å². The second kappa shape index (κ2) is 7.11. The van der Waals surface area contributed by atoms with Crippen LogP contribution in [0.3, 0.4) is 0 Å². The third-order valence-electron chi connectivity index (χ3n) is 4.74. The highest BCUT2D eigenvalue weighted by Crippen LogP contribution is 2.28. The van der Waals surface area contributed by atoms with Gasteiger partial charge in [0.1, 0.15) is 5.69 Å². The number of hydrazine groups is 1. The summed E-state index contributed by atoms with van der Waals surface area (Å²) in [5.41, 5.74) is 7.90. The molecule has 0 saturated heterocycles. The van der Waals surface area contributed by atoms with Gasteiger partial charge in [0.2, 0.25) is 5.91 Å². The van der Waals surface area contributed by atoms with Crippen LogP contribution in [0, 0.1) is 0 Å². The van der Waals surface area contributed by atoms with E-state index in [4.69, 9.17) is 0 Å². The summed E-state index contributed by atoms with van der Waals surface area (Å²) in [4.78, 5) is 42.3. The maximum absolute atomic E-state index is 12.4. The van der Waals surface area contributed by atoms with Crippen molar-refractivity contribution in [3.05, 3.63) is 71.4 Å². The number of amides is 3. The molecule has 28 heavy (non-hydrogen) atoms. The monoisotopic (exact) mass is 374 g/mol. The van der Waals surface area contributed by atoms with Gasteiger partial charge in [-0.1, -0.05) is 24.3 Å². The molecule has 0 unspecified atom stereocenters. The Labute approximate surface area is 161 Å². The number of para-hydroxylation sites is 1. The lowest BCUT2D eigenvalue weighted by Gasteiger charge is -2.14. The molecule has 3 amide bonds. The number of hydrogen-bond acceptors (Lipinski definition) is 4. The van der Waals surface area contributed by atoms with Crippen LogP contribution in [0.2, 0.25) is 0 Å². The Kier molecular flexibility index (Phi) is 4.49. The quantitative estimate of drug-likeness (QED) is 0.673. The van der Waals surface area contributed by atoms with Crippen molar-refractivity contribution in [1.29, 1.82) is 0 Å². The largest absolute Gasteiger partial charge is 0.312 e. The van der Waals surface area contributed by atoms with Gasteiger partial charge < -0.3 is 4.90 Å². The number of carbonyl (C=O) groups is 3. The van der Waals surface area contributed by atoms with Crippen LogP contribution in [-0.2, 0) is 11.2 Å². The van der Waals surface area contributed by atoms with Gasteiger partial charge in [-0.2, -0.15) is 0 Å². The van der Waals surface area contributed by atoms with Crippen LogP contribution < -0.4 is 15.8 Å². The molecular formula is C21H18N4O3. The van der Waals surface area contributed by atoms with Crippen LogP contribution in [-0.4, -0.2) is 29.3 Å². The predicted octanol–water partition coefficient (Wildman–Crippen LogP) is 2.22. The molecule has 7 nitrogen and oxygen atoms in total. The summed E-state index contributed by atoms with van der Waals surface area (Å²) in [5, 5.41) is 0.931. The number of nitrogens with zero attached hydrogens (tertiary/aromatic N) is 2. The van der Waals surface area contributed by atoms with E-state index in [2.05, 4.69) is 15.8 Å². The average Bonchev–Trinajstić information content (AvgIpc) is 3.15. The minimum absolute atomic E-state index is 0.0221. The van der Waals surface area contributed by atoms with Gasteiger partial charge in [0.05, 0.1) is 5.52 Å². The first-order valence-corrected chi connectivity index (χ1v) is 8.90. The van der Waals surface area contributed by atoms with Gasteiger partial charge in [0.15, 0.2) is 0 Å². The highest BCUT2D eigenvalue weighted by atomic mass is 16.2. The van der Waals surface area contributed by atoms with Gasteiger partial charge in [-0.3, -0.25) is 25.2 Å². The van der Waals surface area contributed by atoms with Crippen LogP contribution in [0.25, 0.3) is 10.9 Å². The van der Waals surface area contributed by atoms with Crippen molar-refractivity contribution in [1.82, 2.24) is 15.8 Å². The Hall–Kier alpha value is -3.74. The fraction of sp³-hybridized carbons (Fsp3) is 0.143. The van der Waals surface area contributed by atoms with Crippen molar-refractivity contribution in [2.45, 2.75) is 13.3 Å². The standard InChI is InChI=1S/C21H18N4O3/c1-13(26)25-11-10-15-12-16(7-9-19(15)25)20(27)23-24-21(28)18-8-6-14-4-2-3-5-17(14)22-18/h2-9,12H,10-11H2,1H3,(H,23,27)(H,24,28). The van der Waals surface area contributed by atoms with E-state index in [9.17, 15) is 14.4 Å². The summed E-state index contributed by atoms with van der Waals surface area (Å²) in [7, 11) is 0. The third-order valence-corrected chi connectivity index (χ3v) is 4.74. The van der Waals surface area contributed by atoms with E-state index in [1.807, 2.05) is 24.3 Å². The summed E-state index contributed by atoms with van der Waals surface area (Å²) in [6.07, 6.45) is 0.698. The van der Waals surface area contributed by atoms with Gasteiger partial charge in [-0.05, 0) is 42.3 Å². The molecule has 1 aromatic heterocycles. The summed E-state index contributed by atoms with van der Waals surface area (Å²) < 4.78 is 0. The molecule has 0 bridgehead atoms. The highest BCUT2D eigenvalue weighted by molar-refractivity contribution is 6.00.